The van der Waals surface area contributed by atoms with Gasteiger partial charge in [-0.2, -0.15) is 5.10 Å². The number of aryl methyl sites for hydroxylation is 1. The lowest BCUT2D eigenvalue weighted by Gasteiger charge is -2.14. The molecule has 10 heteroatoms. The number of carbonyl (C=O) groups is 3. The summed E-state index contributed by atoms with van der Waals surface area (Å²) in [6.45, 7) is -0.175. The van der Waals surface area contributed by atoms with Crippen LogP contribution in [0.25, 0.3) is 11.1 Å². The highest BCUT2D eigenvalue weighted by Gasteiger charge is 2.29. The quantitative estimate of drug-likeness (QED) is 0.368. The third kappa shape index (κ3) is 5.17. The van der Waals surface area contributed by atoms with E-state index in [4.69, 9.17) is 14.9 Å². The molecule has 1 atom stereocenters. The van der Waals surface area contributed by atoms with E-state index >= 15 is 0 Å². The first-order valence-corrected chi connectivity index (χ1v) is 11.1. The number of ether oxygens (including phenoxy) is 1. The Hall–Kier alpha value is -4.18. The van der Waals surface area contributed by atoms with Gasteiger partial charge in [-0.3, -0.25) is 9.48 Å². The van der Waals surface area contributed by atoms with Gasteiger partial charge in [-0.25, -0.2) is 9.59 Å². The molecule has 0 saturated heterocycles. The van der Waals surface area contributed by atoms with Gasteiger partial charge in [-0.15, -0.1) is 0 Å². The molecule has 0 spiro atoms. The number of nitrogens with zero attached hydrogens (tertiary/aromatic N) is 2. The van der Waals surface area contributed by atoms with Gasteiger partial charge in [0.25, 0.3) is 5.91 Å². The molecule has 0 bridgehead atoms. The van der Waals surface area contributed by atoms with Crippen LogP contribution >= 0.6 is 0 Å². The van der Waals surface area contributed by atoms with E-state index < -0.39 is 24.0 Å². The molecule has 3 aromatic rings. The number of nitrogens with one attached hydrogen (secondary N) is 2. The predicted molar refractivity (Wildman–Crippen MR) is 126 cm³/mol. The number of amides is 2. The van der Waals surface area contributed by atoms with Crippen LogP contribution in [0.5, 0.6) is 0 Å². The maximum atomic E-state index is 12.4. The fraction of sp³-hybridized carbons (Fsp3) is 0.280. The van der Waals surface area contributed by atoms with Gasteiger partial charge < -0.3 is 25.6 Å². The van der Waals surface area contributed by atoms with Crippen molar-refractivity contribution in [2.24, 2.45) is 7.05 Å². The Morgan fingerprint density at radius 2 is 1.71 bits per heavy atom. The Balaban J connectivity index is 1.34. The van der Waals surface area contributed by atoms with Crippen LogP contribution in [0.4, 0.5) is 4.79 Å². The van der Waals surface area contributed by atoms with E-state index in [9.17, 15) is 14.4 Å². The number of alkyl carbamates (subject to hydrolysis) is 1. The van der Waals surface area contributed by atoms with Gasteiger partial charge in [0.05, 0.1) is 12.2 Å². The van der Waals surface area contributed by atoms with E-state index in [1.54, 1.807) is 0 Å². The number of hydrogen-bond donors (Lipinski definition) is 4. The molecule has 0 unspecified atom stereocenters. The van der Waals surface area contributed by atoms with E-state index in [1.807, 2.05) is 36.4 Å². The monoisotopic (exact) mass is 478 g/mol. The van der Waals surface area contributed by atoms with Crippen LogP contribution < -0.4 is 10.6 Å². The molecule has 35 heavy (non-hydrogen) atoms. The minimum Gasteiger partial charge on any atom is -0.480 e. The number of aliphatic hydroxyl groups excluding tert-OH is 1. The van der Waals surface area contributed by atoms with Crippen LogP contribution in [0, 0.1) is 0 Å². The number of benzene rings is 2. The lowest BCUT2D eigenvalue weighted by atomic mass is 9.98. The number of aliphatic hydroxyl groups is 1. The van der Waals surface area contributed by atoms with Gasteiger partial charge in [0.2, 0.25) is 0 Å². The maximum Gasteiger partial charge on any atom is 0.407 e. The normalized spacial score (nSPS) is 13.0. The minimum absolute atomic E-state index is 0.0246. The molecule has 1 heterocycles. The predicted octanol–water partition coefficient (Wildman–Crippen LogP) is 2.02. The highest BCUT2D eigenvalue weighted by atomic mass is 16.5. The molecule has 1 aromatic heterocycles. The summed E-state index contributed by atoms with van der Waals surface area (Å²) in [4.78, 5) is 36.0. The summed E-state index contributed by atoms with van der Waals surface area (Å²) in [5.74, 6) is -1.95. The number of carboxylic acid groups (broad SMARTS) is 1. The number of aliphatic carboxylic acids is 1. The van der Waals surface area contributed by atoms with Gasteiger partial charge in [0.1, 0.15) is 18.3 Å². The number of aromatic nitrogens is 2. The fourth-order valence-corrected chi connectivity index (χ4v) is 4.26. The van der Waals surface area contributed by atoms with Gasteiger partial charge in [0, 0.05) is 26.0 Å². The number of hydrogen-bond acceptors (Lipinski definition) is 6. The van der Waals surface area contributed by atoms with Crippen molar-refractivity contribution in [2.75, 3.05) is 13.2 Å². The van der Waals surface area contributed by atoms with Crippen LogP contribution in [0.1, 0.15) is 39.6 Å². The largest absolute Gasteiger partial charge is 0.480 e. The van der Waals surface area contributed by atoms with Crippen molar-refractivity contribution < 1.29 is 29.3 Å². The van der Waals surface area contributed by atoms with Crippen LogP contribution in [0.3, 0.4) is 0 Å². The van der Waals surface area contributed by atoms with Crippen molar-refractivity contribution in [3.8, 4) is 11.1 Å². The summed E-state index contributed by atoms with van der Waals surface area (Å²) in [6, 6.07) is 16.3. The number of carbonyl (C=O) groups excluding carboxylic acids is 2. The van der Waals surface area contributed by atoms with E-state index in [0.717, 1.165) is 22.3 Å². The van der Waals surface area contributed by atoms with Crippen molar-refractivity contribution in [2.45, 2.75) is 24.9 Å². The summed E-state index contributed by atoms with van der Waals surface area (Å²) in [7, 11) is 1.54. The SMILES string of the molecule is Cn1nc(CNC(=O)OCC2c3ccccc3-c3ccccc32)cc1C(=O)N[C@H](CCO)C(=O)O. The van der Waals surface area contributed by atoms with Crippen LogP contribution in [0.15, 0.2) is 54.6 Å². The second kappa shape index (κ2) is 10.4. The first-order chi connectivity index (χ1) is 16.9. The first kappa shape index (κ1) is 24.0. The second-order valence-corrected chi connectivity index (χ2v) is 8.20. The summed E-state index contributed by atoms with van der Waals surface area (Å²) < 4.78 is 6.79. The number of carboxylic acids is 1. The Kier molecular flexibility index (Phi) is 7.11. The van der Waals surface area contributed by atoms with Crippen molar-refractivity contribution in [3.63, 3.8) is 0 Å². The molecule has 4 rings (SSSR count). The molecule has 182 valence electrons. The zero-order valence-electron chi connectivity index (χ0n) is 19.1. The van der Waals surface area contributed by atoms with E-state index in [2.05, 4.69) is 27.9 Å². The van der Waals surface area contributed by atoms with E-state index in [0.29, 0.717) is 5.69 Å². The maximum absolute atomic E-state index is 12.4. The van der Waals surface area contributed by atoms with E-state index in [-0.39, 0.29) is 37.8 Å². The molecule has 0 saturated carbocycles. The molecule has 1 aliphatic carbocycles. The van der Waals surface area contributed by atoms with Crippen LogP contribution in [-0.4, -0.2) is 57.2 Å². The number of rotatable bonds is 9. The Morgan fingerprint density at radius 3 is 2.31 bits per heavy atom. The Morgan fingerprint density at radius 1 is 1.09 bits per heavy atom. The molecule has 10 nitrogen and oxygen atoms in total. The average Bonchev–Trinajstić information content (AvgIpc) is 3.38. The van der Waals surface area contributed by atoms with Gasteiger partial charge in [-0.05, 0) is 28.3 Å². The van der Waals surface area contributed by atoms with Crippen molar-refractivity contribution >= 4 is 18.0 Å². The molecule has 4 N–H and O–H groups in total. The zero-order chi connectivity index (χ0) is 24.9. The highest BCUT2D eigenvalue weighted by Crippen LogP contribution is 2.44. The van der Waals surface area contributed by atoms with Crippen LogP contribution in [0.2, 0.25) is 0 Å². The van der Waals surface area contributed by atoms with Crippen molar-refractivity contribution in [1.82, 2.24) is 20.4 Å². The zero-order valence-corrected chi connectivity index (χ0v) is 19.1. The third-order valence-corrected chi connectivity index (χ3v) is 5.94. The smallest absolute Gasteiger partial charge is 0.407 e. The molecule has 0 radical (unpaired) electrons. The molecular formula is C25H26N4O6. The lowest BCUT2D eigenvalue weighted by molar-refractivity contribution is -0.139. The summed E-state index contributed by atoms with van der Waals surface area (Å²) in [6.07, 6.45) is -0.729. The highest BCUT2D eigenvalue weighted by molar-refractivity contribution is 5.95. The third-order valence-electron chi connectivity index (χ3n) is 5.94. The Bertz CT molecular complexity index is 1210. The molecule has 2 aromatic carbocycles. The molecule has 0 aliphatic heterocycles. The van der Waals surface area contributed by atoms with Crippen molar-refractivity contribution in [1.29, 1.82) is 0 Å². The number of fused-ring (bicyclic) bond motifs is 3. The summed E-state index contributed by atoms with van der Waals surface area (Å²) in [5, 5.41) is 27.3. The second-order valence-electron chi connectivity index (χ2n) is 8.20. The van der Waals surface area contributed by atoms with Gasteiger partial charge >= 0.3 is 12.1 Å². The average molecular weight is 479 g/mol. The Labute approximate surface area is 201 Å². The first-order valence-electron chi connectivity index (χ1n) is 11.1. The van der Waals surface area contributed by atoms with Gasteiger partial charge in [0.15, 0.2) is 0 Å². The van der Waals surface area contributed by atoms with E-state index in [1.165, 1.54) is 17.8 Å². The molecule has 2 amide bonds. The van der Waals surface area contributed by atoms with Crippen molar-refractivity contribution in [3.05, 3.63) is 77.1 Å². The van der Waals surface area contributed by atoms with Gasteiger partial charge in [-0.1, -0.05) is 48.5 Å². The summed E-state index contributed by atoms with van der Waals surface area (Å²) >= 11 is 0. The molecule has 0 fully saturated rings. The standard InChI is InChI=1S/C25H26N4O6/c1-29-22(23(31)27-21(10-11-30)24(32)33)12-15(28-29)13-26-25(34)35-14-20-18-8-4-2-6-16(18)17-7-3-5-9-19(17)20/h2-9,12,20-21,30H,10-11,13-14H2,1H3,(H,26,34)(H,27,31)(H,32,33)/t21-/m1/s1. The molecular weight excluding hydrogens is 452 g/mol. The minimum atomic E-state index is -1.24. The lowest BCUT2D eigenvalue weighted by Crippen LogP contribution is -2.42. The fourth-order valence-electron chi connectivity index (χ4n) is 4.26. The molecule has 1 aliphatic rings. The van der Waals surface area contributed by atoms with Crippen LogP contribution in [-0.2, 0) is 23.1 Å². The topological polar surface area (TPSA) is 143 Å². The summed E-state index contributed by atoms with van der Waals surface area (Å²) in [5.41, 5.74) is 5.03.